The number of rotatable bonds is 8. The van der Waals surface area contributed by atoms with Gasteiger partial charge in [-0.25, -0.2) is 4.39 Å². The highest BCUT2D eigenvalue weighted by Gasteiger charge is 2.17. The van der Waals surface area contributed by atoms with Gasteiger partial charge < -0.3 is 24.9 Å². The molecule has 0 aliphatic carbocycles. The highest BCUT2D eigenvalue weighted by molar-refractivity contribution is 5.76. The van der Waals surface area contributed by atoms with Crippen LogP contribution in [0.3, 0.4) is 0 Å². The van der Waals surface area contributed by atoms with Crippen LogP contribution < -0.4 is 15.8 Å². The molecule has 0 amide bonds. The van der Waals surface area contributed by atoms with Crippen LogP contribution in [0.15, 0.2) is 34.5 Å². The molecule has 1 fully saturated rings. The minimum Gasteiger partial charge on any atom is -0.489 e. The number of fused-ring (bicyclic) bond motifs is 1. The Hall–Kier alpha value is -2.12. The van der Waals surface area contributed by atoms with Gasteiger partial charge in [0.15, 0.2) is 5.58 Å². The fraction of sp³-hybridized carbons (Fsp3) is 0.438. The highest BCUT2D eigenvalue weighted by Crippen LogP contribution is 2.24. The smallest absolute Gasteiger partial charge is 0.295 e. The summed E-state index contributed by atoms with van der Waals surface area (Å²) in [6.45, 7) is 2.72. The van der Waals surface area contributed by atoms with Gasteiger partial charge in [-0.1, -0.05) is 0 Å². The molecule has 124 valence electrons. The molecular weight excluding hydrogens is 301 g/mol. The summed E-state index contributed by atoms with van der Waals surface area (Å²) in [6, 6.07) is 5.80. The van der Waals surface area contributed by atoms with Crippen molar-refractivity contribution >= 4 is 17.1 Å². The van der Waals surface area contributed by atoms with E-state index < -0.39 is 0 Å². The van der Waals surface area contributed by atoms with Crippen LogP contribution in [0.2, 0.25) is 0 Å². The first-order chi connectivity index (χ1) is 11.3. The van der Waals surface area contributed by atoms with E-state index in [2.05, 4.69) is 10.3 Å². The minimum absolute atomic E-state index is 0.112. The first-order valence-electron chi connectivity index (χ1n) is 7.61. The summed E-state index contributed by atoms with van der Waals surface area (Å²) < 4.78 is 28.7. The maximum absolute atomic E-state index is 12.5. The van der Waals surface area contributed by atoms with Crippen molar-refractivity contribution in [3.05, 3.63) is 30.1 Å². The van der Waals surface area contributed by atoms with Crippen LogP contribution in [0.1, 0.15) is 6.42 Å². The van der Waals surface area contributed by atoms with Crippen LogP contribution in [-0.2, 0) is 4.74 Å². The fourth-order valence-electron chi connectivity index (χ4n) is 2.22. The van der Waals surface area contributed by atoms with Crippen molar-refractivity contribution in [3.8, 4) is 5.75 Å². The summed E-state index contributed by atoms with van der Waals surface area (Å²) >= 11 is 0. The number of nitrogens with two attached hydrogens (primary N) is 1. The zero-order chi connectivity index (χ0) is 16.1. The Bertz CT molecular complexity index is 682. The molecular formula is C16H20FN3O3. The molecule has 1 aromatic heterocycles. The van der Waals surface area contributed by atoms with Gasteiger partial charge in [-0.05, 0) is 18.6 Å². The van der Waals surface area contributed by atoms with Gasteiger partial charge in [-0.15, -0.1) is 0 Å². The minimum atomic E-state index is 0.112. The van der Waals surface area contributed by atoms with Gasteiger partial charge in [0.2, 0.25) is 0 Å². The fourth-order valence-corrected chi connectivity index (χ4v) is 2.22. The normalized spacial score (nSPS) is 15.7. The van der Waals surface area contributed by atoms with E-state index in [1.54, 1.807) is 18.2 Å². The number of nitrogens with one attached hydrogen (secondary N) is 1. The Kier molecular flexibility index (Phi) is 5.09. The quantitative estimate of drug-likeness (QED) is 0.777. The van der Waals surface area contributed by atoms with Crippen molar-refractivity contribution in [2.24, 2.45) is 11.7 Å². The van der Waals surface area contributed by atoms with Crippen molar-refractivity contribution in [2.75, 3.05) is 38.2 Å². The molecule has 2 aromatic rings. The Morgan fingerprint density at radius 2 is 2.35 bits per heavy atom. The maximum Gasteiger partial charge on any atom is 0.295 e. The number of ether oxygens (including phenoxy) is 2. The molecule has 1 aliphatic heterocycles. The average molecular weight is 321 g/mol. The second kappa shape index (κ2) is 7.43. The maximum atomic E-state index is 12.5. The van der Waals surface area contributed by atoms with Crippen LogP contribution in [0.5, 0.6) is 5.75 Å². The summed E-state index contributed by atoms with van der Waals surface area (Å²) in [6.07, 6.45) is 1.51. The lowest BCUT2D eigenvalue weighted by molar-refractivity contribution is -0.0338. The zero-order valence-electron chi connectivity index (χ0n) is 12.8. The molecule has 0 saturated carbocycles. The lowest BCUT2D eigenvalue weighted by Crippen LogP contribution is -2.29. The summed E-state index contributed by atoms with van der Waals surface area (Å²) in [4.78, 5) is 4.37. The molecule has 0 unspecified atom stereocenters. The third kappa shape index (κ3) is 4.00. The third-order valence-corrected chi connectivity index (χ3v) is 3.74. The highest BCUT2D eigenvalue weighted by atomic mass is 19.1. The van der Waals surface area contributed by atoms with Crippen molar-refractivity contribution in [3.63, 3.8) is 0 Å². The van der Waals surface area contributed by atoms with Gasteiger partial charge in [0.1, 0.15) is 17.9 Å². The standard InChI is InChI=1S/C16H20FN3O3/c17-6-12(7-18)10-22-13-1-2-14-15(5-13)23-16(20-14)19-4-3-11-8-21-9-11/h1-2,5-6,11H,3-4,7-10,18H2,(H,19,20)/b12-6-. The summed E-state index contributed by atoms with van der Waals surface area (Å²) in [5, 5.41) is 3.17. The molecule has 0 radical (unpaired) electrons. The topological polar surface area (TPSA) is 82.5 Å². The van der Waals surface area contributed by atoms with E-state index in [0.29, 0.717) is 35.2 Å². The number of nitrogens with zero attached hydrogens (tertiary/aromatic N) is 1. The third-order valence-electron chi connectivity index (χ3n) is 3.74. The van der Waals surface area contributed by atoms with Crippen molar-refractivity contribution < 1.29 is 18.3 Å². The van der Waals surface area contributed by atoms with Gasteiger partial charge in [-0.3, -0.25) is 0 Å². The summed E-state index contributed by atoms with van der Waals surface area (Å²) in [5.41, 5.74) is 7.15. The van der Waals surface area contributed by atoms with E-state index in [9.17, 15) is 4.39 Å². The zero-order valence-corrected chi connectivity index (χ0v) is 12.8. The lowest BCUT2D eigenvalue weighted by atomic mass is 10.0. The molecule has 1 aromatic carbocycles. The molecule has 0 spiro atoms. The lowest BCUT2D eigenvalue weighted by Gasteiger charge is -2.25. The number of anilines is 1. The molecule has 3 N–H and O–H groups in total. The van der Waals surface area contributed by atoms with E-state index in [1.165, 1.54) is 0 Å². The van der Waals surface area contributed by atoms with Crippen molar-refractivity contribution in [1.29, 1.82) is 0 Å². The van der Waals surface area contributed by atoms with Crippen LogP contribution in [0.25, 0.3) is 11.1 Å². The predicted octanol–water partition coefficient (Wildman–Crippen LogP) is 2.47. The van der Waals surface area contributed by atoms with Gasteiger partial charge >= 0.3 is 0 Å². The number of hydrogen-bond acceptors (Lipinski definition) is 6. The van der Waals surface area contributed by atoms with Gasteiger partial charge in [0, 0.05) is 30.6 Å². The van der Waals surface area contributed by atoms with Crippen molar-refractivity contribution in [1.82, 2.24) is 4.98 Å². The summed E-state index contributed by atoms with van der Waals surface area (Å²) in [7, 11) is 0. The molecule has 1 aliphatic rings. The Morgan fingerprint density at radius 1 is 1.48 bits per heavy atom. The predicted molar refractivity (Wildman–Crippen MR) is 85.2 cm³/mol. The number of aromatic nitrogens is 1. The Labute approximate surface area is 133 Å². The molecule has 7 heteroatoms. The number of oxazole rings is 1. The van der Waals surface area contributed by atoms with E-state index in [0.717, 1.165) is 31.7 Å². The molecule has 1 saturated heterocycles. The Balaban J connectivity index is 1.58. The van der Waals surface area contributed by atoms with E-state index in [4.69, 9.17) is 19.6 Å². The molecule has 2 heterocycles. The second-order valence-corrected chi connectivity index (χ2v) is 5.53. The molecule has 23 heavy (non-hydrogen) atoms. The van der Waals surface area contributed by atoms with Crippen LogP contribution in [0.4, 0.5) is 10.4 Å². The molecule has 0 atom stereocenters. The van der Waals surface area contributed by atoms with Gasteiger partial charge in [0.25, 0.3) is 6.01 Å². The van der Waals surface area contributed by atoms with E-state index in [-0.39, 0.29) is 13.2 Å². The second-order valence-electron chi connectivity index (χ2n) is 5.53. The van der Waals surface area contributed by atoms with Crippen LogP contribution in [0, 0.1) is 5.92 Å². The molecule has 0 bridgehead atoms. The van der Waals surface area contributed by atoms with Crippen LogP contribution in [-0.4, -0.2) is 37.9 Å². The summed E-state index contributed by atoms with van der Waals surface area (Å²) in [5.74, 6) is 1.21. The first-order valence-corrected chi connectivity index (χ1v) is 7.61. The van der Waals surface area contributed by atoms with Crippen LogP contribution >= 0.6 is 0 Å². The molecule has 6 nitrogen and oxygen atoms in total. The molecule has 3 rings (SSSR count). The number of hydrogen-bond donors (Lipinski definition) is 2. The monoisotopic (exact) mass is 321 g/mol. The van der Waals surface area contributed by atoms with E-state index >= 15 is 0 Å². The van der Waals surface area contributed by atoms with Gasteiger partial charge in [-0.2, -0.15) is 4.98 Å². The van der Waals surface area contributed by atoms with Crippen molar-refractivity contribution in [2.45, 2.75) is 6.42 Å². The largest absolute Gasteiger partial charge is 0.489 e. The van der Waals surface area contributed by atoms with E-state index in [1.807, 2.05) is 0 Å². The van der Waals surface area contributed by atoms with Gasteiger partial charge in [0.05, 0.1) is 19.5 Å². The number of benzene rings is 1. The SMILES string of the molecule is NC/C(=C/F)COc1ccc2nc(NCCC3COC3)oc2c1. The Morgan fingerprint density at radius 3 is 3.04 bits per heavy atom. The number of halogens is 1. The first kappa shape index (κ1) is 15.8. The average Bonchev–Trinajstić information content (AvgIpc) is 2.92.